The normalized spacial score (nSPS) is 12.5. The van der Waals surface area contributed by atoms with Crippen LogP contribution in [0.15, 0.2) is 51.4 Å². The first-order valence-electron chi connectivity index (χ1n) is 4.96. The molecular formula is C13H9Br2FO. The van der Waals surface area contributed by atoms with Gasteiger partial charge in [0.05, 0.1) is 0 Å². The standard InChI is InChI=1S/C13H9Br2FO/c14-11-5-4-9(7-12(11)15)13(17)8-2-1-3-10(16)6-8/h1-7,13,17H. The van der Waals surface area contributed by atoms with E-state index in [0.717, 1.165) is 8.95 Å². The smallest absolute Gasteiger partial charge is 0.123 e. The van der Waals surface area contributed by atoms with Crippen molar-refractivity contribution in [2.75, 3.05) is 0 Å². The highest BCUT2D eigenvalue weighted by Gasteiger charge is 2.12. The Morgan fingerprint density at radius 2 is 1.65 bits per heavy atom. The van der Waals surface area contributed by atoms with Crippen LogP contribution in [0.2, 0.25) is 0 Å². The molecule has 1 N–H and O–H groups in total. The van der Waals surface area contributed by atoms with E-state index in [4.69, 9.17) is 0 Å². The van der Waals surface area contributed by atoms with Crippen molar-refractivity contribution in [1.82, 2.24) is 0 Å². The van der Waals surface area contributed by atoms with Gasteiger partial charge < -0.3 is 5.11 Å². The molecule has 2 aromatic carbocycles. The molecule has 0 heterocycles. The predicted molar refractivity (Wildman–Crippen MR) is 72.3 cm³/mol. The predicted octanol–water partition coefficient (Wildman–Crippen LogP) is 4.43. The summed E-state index contributed by atoms with van der Waals surface area (Å²) in [7, 11) is 0. The van der Waals surface area contributed by atoms with Crippen LogP contribution in [-0.4, -0.2) is 5.11 Å². The Labute approximate surface area is 116 Å². The minimum atomic E-state index is -0.824. The van der Waals surface area contributed by atoms with Gasteiger partial charge >= 0.3 is 0 Å². The molecule has 2 aromatic rings. The average Bonchev–Trinajstić information content (AvgIpc) is 2.32. The van der Waals surface area contributed by atoms with Gasteiger partial charge in [-0.3, -0.25) is 0 Å². The monoisotopic (exact) mass is 358 g/mol. The second kappa shape index (κ2) is 5.29. The largest absolute Gasteiger partial charge is 0.384 e. The summed E-state index contributed by atoms with van der Waals surface area (Å²) in [4.78, 5) is 0. The lowest BCUT2D eigenvalue weighted by Crippen LogP contribution is -2.00. The van der Waals surface area contributed by atoms with Gasteiger partial charge in [0.1, 0.15) is 11.9 Å². The number of halogens is 3. The fraction of sp³-hybridized carbons (Fsp3) is 0.0769. The Morgan fingerprint density at radius 1 is 0.941 bits per heavy atom. The van der Waals surface area contributed by atoms with Gasteiger partial charge in [0, 0.05) is 8.95 Å². The molecule has 0 aliphatic heterocycles. The zero-order chi connectivity index (χ0) is 12.4. The number of aliphatic hydroxyl groups is 1. The second-order valence-corrected chi connectivity index (χ2v) is 5.34. The third-order valence-corrected chi connectivity index (χ3v) is 4.30. The topological polar surface area (TPSA) is 20.2 Å². The van der Waals surface area contributed by atoms with E-state index in [-0.39, 0.29) is 5.82 Å². The molecule has 0 aliphatic carbocycles. The van der Waals surface area contributed by atoms with E-state index in [1.807, 2.05) is 6.07 Å². The Kier molecular flexibility index (Phi) is 3.97. The molecule has 0 bridgehead atoms. The van der Waals surface area contributed by atoms with Crippen LogP contribution in [0.25, 0.3) is 0 Å². The highest BCUT2D eigenvalue weighted by molar-refractivity contribution is 9.13. The van der Waals surface area contributed by atoms with Crippen LogP contribution in [-0.2, 0) is 0 Å². The third-order valence-electron chi connectivity index (χ3n) is 2.42. The maximum absolute atomic E-state index is 13.1. The summed E-state index contributed by atoms with van der Waals surface area (Å²) in [6.45, 7) is 0. The average molecular weight is 360 g/mol. The molecule has 0 fully saturated rings. The quantitative estimate of drug-likeness (QED) is 0.840. The zero-order valence-corrected chi connectivity index (χ0v) is 11.9. The molecule has 0 spiro atoms. The minimum Gasteiger partial charge on any atom is -0.384 e. The molecular weight excluding hydrogens is 351 g/mol. The molecule has 2 rings (SSSR count). The zero-order valence-electron chi connectivity index (χ0n) is 8.70. The number of hydrogen-bond acceptors (Lipinski definition) is 1. The van der Waals surface area contributed by atoms with Gasteiger partial charge in [0.25, 0.3) is 0 Å². The first kappa shape index (κ1) is 12.7. The molecule has 4 heteroatoms. The molecule has 17 heavy (non-hydrogen) atoms. The van der Waals surface area contributed by atoms with Crippen molar-refractivity contribution in [1.29, 1.82) is 0 Å². The molecule has 1 unspecified atom stereocenters. The Morgan fingerprint density at radius 3 is 2.29 bits per heavy atom. The van der Waals surface area contributed by atoms with Gasteiger partial charge in [-0.25, -0.2) is 4.39 Å². The van der Waals surface area contributed by atoms with Crippen LogP contribution < -0.4 is 0 Å². The van der Waals surface area contributed by atoms with Crippen molar-refractivity contribution in [3.8, 4) is 0 Å². The molecule has 1 atom stereocenters. The van der Waals surface area contributed by atoms with Crippen molar-refractivity contribution in [3.05, 3.63) is 68.4 Å². The minimum absolute atomic E-state index is 0.349. The SMILES string of the molecule is OC(c1cccc(F)c1)c1ccc(Br)c(Br)c1. The number of benzene rings is 2. The van der Waals surface area contributed by atoms with E-state index in [9.17, 15) is 9.50 Å². The van der Waals surface area contributed by atoms with Crippen molar-refractivity contribution in [2.45, 2.75) is 6.10 Å². The number of aliphatic hydroxyl groups excluding tert-OH is 1. The lowest BCUT2D eigenvalue weighted by Gasteiger charge is -2.12. The molecule has 0 radical (unpaired) electrons. The van der Waals surface area contributed by atoms with Gasteiger partial charge in [-0.2, -0.15) is 0 Å². The number of rotatable bonds is 2. The van der Waals surface area contributed by atoms with Gasteiger partial charge in [-0.15, -0.1) is 0 Å². The van der Waals surface area contributed by atoms with E-state index < -0.39 is 6.10 Å². The first-order valence-corrected chi connectivity index (χ1v) is 6.55. The summed E-state index contributed by atoms with van der Waals surface area (Å²) < 4.78 is 14.8. The van der Waals surface area contributed by atoms with E-state index in [1.54, 1.807) is 24.3 Å². The molecule has 1 nitrogen and oxygen atoms in total. The van der Waals surface area contributed by atoms with Crippen LogP contribution in [0.4, 0.5) is 4.39 Å². The van der Waals surface area contributed by atoms with E-state index in [0.29, 0.717) is 11.1 Å². The fourth-order valence-corrected chi connectivity index (χ4v) is 2.19. The summed E-state index contributed by atoms with van der Waals surface area (Å²) >= 11 is 6.73. The van der Waals surface area contributed by atoms with Gasteiger partial charge in [-0.05, 0) is 67.3 Å². The van der Waals surface area contributed by atoms with Crippen molar-refractivity contribution in [2.24, 2.45) is 0 Å². The van der Waals surface area contributed by atoms with Crippen molar-refractivity contribution in [3.63, 3.8) is 0 Å². The summed E-state index contributed by atoms with van der Waals surface area (Å²) in [6.07, 6.45) is -0.824. The summed E-state index contributed by atoms with van der Waals surface area (Å²) in [5, 5.41) is 10.1. The molecule has 88 valence electrons. The van der Waals surface area contributed by atoms with E-state index in [1.165, 1.54) is 12.1 Å². The van der Waals surface area contributed by atoms with Gasteiger partial charge in [-0.1, -0.05) is 18.2 Å². The van der Waals surface area contributed by atoms with Gasteiger partial charge in [0.15, 0.2) is 0 Å². The van der Waals surface area contributed by atoms with E-state index >= 15 is 0 Å². The van der Waals surface area contributed by atoms with Crippen LogP contribution in [0.3, 0.4) is 0 Å². The summed E-state index contributed by atoms with van der Waals surface area (Å²) in [5.74, 6) is -0.349. The highest BCUT2D eigenvalue weighted by atomic mass is 79.9. The maximum Gasteiger partial charge on any atom is 0.123 e. The highest BCUT2D eigenvalue weighted by Crippen LogP contribution is 2.29. The van der Waals surface area contributed by atoms with Gasteiger partial charge in [0.2, 0.25) is 0 Å². The Bertz CT molecular complexity index is 543. The van der Waals surface area contributed by atoms with Crippen molar-refractivity contribution < 1.29 is 9.50 Å². The molecule has 0 saturated heterocycles. The lowest BCUT2D eigenvalue weighted by atomic mass is 10.0. The molecule has 0 saturated carbocycles. The second-order valence-electron chi connectivity index (χ2n) is 3.63. The number of hydrogen-bond donors (Lipinski definition) is 1. The molecule has 0 amide bonds. The van der Waals surface area contributed by atoms with Crippen LogP contribution in [0.5, 0.6) is 0 Å². The van der Waals surface area contributed by atoms with Crippen LogP contribution in [0, 0.1) is 5.82 Å². The van der Waals surface area contributed by atoms with Crippen LogP contribution in [0.1, 0.15) is 17.2 Å². The lowest BCUT2D eigenvalue weighted by molar-refractivity contribution is 0.219. The Hall–Kier alpha value is -0.710. The molecule has 0 aromatic heterocycles. The summed E-state index contributed by atoms with van der Waals surface area (Å²) in [6, 6.07) is 11.4. The maximum atomic E-state index is 13.1. The molecule has 0 aliphatic rings. The van der Waals surface area contributed by atoms with E-state index in [2.05, 4.69) is 31.9 Å². The Balaban J connectivity index is 2.36. The summed E-state index contributed by atoms with van der Waals surface area (Å²) in [5.41, 5.74) is 1.25. The third kappa shape index (κ3) is 2.94. The van der Waals surface area contributed by atoms with Crippen LogP contribution >= 0.6 is 31.9 Å². The fourth-order valence-electron chi connectivity index (χ4n) is 1.55. The van der Waals surface area contributed by atoms with Crippen molar-refractivity contribution >= 4 is 31.9 Å². The first-order chi connectivity index (χ1) is 8.08.